The molecule has 0 aliphatic heterocycles. The van der Waals surface area contributed by atoms with Crippen LogP contribution in [0.3, 0.4) is 0 Å². The molecule has 2 nitrogen and oxygen atoms in total. The summed E-state index contributed by atoms with van der Waals surface area (Å²) in [7, 11) is 1.68. The van der Waals surface area contributed by atoms with Crippen LogP contribution in [0.2, 0.25) is 5.02 Å². The number of rotatable bonds is 5. The van der Waals surface area contributed by atoms with Gasteiger partial charge in [0.25, 0.3) is 0 Å². The molecule has 0 amide bonds. The topological polar surface area (TPSA) is 21.3 Å². The van der Waals surface area contributed by atoms with E-state index in [0.717, 1.165) is 16.3 Å². The minimum absolute atomic E-state index is 0.185. The van der Waals surface area contributed by atoms with Crippen LogP contribution in [0.5, 0.6) is 5.75 Å². The second-order valence-electron chi connectivity index (χ2n) is 4.91. The third kappa shape index (κ3) is 3.53. The number of nitrogens with one attached hydrogen (secondary N) is 1. The maximum atomic E-state index is 6.24. The van der Waals surface area contributed by atoms with Gasteiger partial charge in [-0.3, -0.25) is 0 Å². The monoisotopic (exact) mass is 289 g/mol. The molecule has 2 atom stereocenters. The molecule has 0 saturated carbocycles. The molecule has 0 fully saturated rings. The Bertz CT molecular complexity index is 570. The van der Waals surface area contributed by atoms with Crippen molar-refractivity contribution in [1.82, 2.24) is 5.32 Å². The fourth-order valence-corrected chi connectivity index (χ4v) is 2.60. The number of benzene rings is 2. The van der Waals surface area contributed by atoms with Crippen LogP contribution in [0.1, 0.15) is 37.1 Å². The lowest BCUT2D eigenvalue weighted by Crippen LogP contribution is -2.22. The lowest BCUT2D eigenvalue weighted by Gasteiger charge is -2.22. The fourth-order valence-electron chi connectivity index (χ4n) is 2.30. The van der Waals surface area contributed by atoms with E-state index in [1.165, 1.54) is 5.56 Å². The van der Waals surface area contributed by atoms with Gasteiger partial charge in [0, 0.05) is 17.1 Å². The highest BCUT2D eigenvalue weighted by Gasteiger charge is 2.13. The molecule has 2 rings (SSSR count). The lowest BCUT2D eigenvalue weighted by atomic mass is 10.0. The normalized spacial score (nSPS) is 13.8. The van der Waals surface area contributed by atoms with Crippen molar-refractivity contribution in [2.24, 2.45) is 0 Å². The van der Waals surface area contributed by atoms with Crippen molar-refractivity contribution >= 4 is 11.6 Å². The summed E-state index contributed by atoms with van der Waals surface area (Å²) < 4.78 is 5.26. The summed E-state index contributed by atoms with van der Waals surface area (Å²) in [5.41, 5.74) is 2.31. The minimum Gasteiger partial charge on any atom is -0.497 e. The van der Waals surface area contributed by atoms with Crippen LogP contribution >= 0.6 is 11.6 Å². The quantitative estimate of drug-likeness (QED) is 0.857. The molecule has 20 heavy (non-hydrogen) atoms. The summed E-state index contributed by atoms with van der Waals surface area (Å²) >= 11 is 6.24. The van der Waals surface area contributed by atoms with Crippen LogP contribution in [0, 0.1) is 0 Å². The first-order valence-electron chi connectivity index (χ1n) is 6.76. The van der Waals surface area contributed by atoms with Crippen molar-refractivity contribution in [2.75, 3.05) is 7.11 Å². The van der Waals surface area contributed by atoms with E-state index in [2.05, 4.69) is 37.4 Å². The summed E-state index contributed by atoms with van der Waals surface area (Å²) in [4.78, 5) is 0. The Morgan fingerprint density at radius 3 is 2.45 bits per heavy atom. The van der Waals surface area contributed by atoms with Gasteiger partial charge in [-0.1, -0.05) is 41.9 Å². The Morgan fingerprint density at radius 1 is 1.00 bits per heavy atom. The number of methoxy groups -OCH3 is 1. The molecule has 2 aromatic carbocycles. The Morgan fingerprint density at radius 2 is 1.75 bits per heavy atom. The van der Waals surface area contributed by atoms with Crippen molar-refractivity contribution in [1.29, 1.82) is 0 Å². The van der Waals surface area contributed by atoms with E-state index in [1.807, 2.05) is 30.3 Å². The van der Waals surface area contributed by atoms with Gasteiger partial charge in [0.15, 0.2) is 0 Å². The summed E-state index contributed by atoms with van der Waals surface area (Å²) in [5, 5.41) is 4.36. The standard InChI is InChI=1S/C17H20ClNO/c1-12(14-7-6-8-15(11-14)20-3)19-13(2)16-9-4-5-10-17(16)18/h4-13,19H,1-3H3/t12?,13-/m1/s1. The first-order chi connectivity index (χ1) is 9.61. The van der Waals surface area contributed by atoms with E-state index in [1.54, 1.807) is 7.11 Å². The van der Waals surface area contributed by atoms with Gasteiger partial charge < -0.3 is 10.1 Å². The third-order valence-corrected chi connectivity index (χ3v) is 3.81. The van der Waals surface area contributed by atoms with E-state index in [-0.39, 0.29) is 12.1 Å². The lowest BCUT2D eigenvalue weighted by molar-refractivity contribution is 0.412. The molecule has 3 heteroatoms. The molecule has 1 unspecified atom stereocenters. The zero-order valence-corrected chi connectivity index (χ0v) is 12.8. The van der Waals surface area contributed by atoms with Crippen LogP contribution in [-0.4, -0.2) is 7.11 Å². The summed E-state index contributed by atoms with van der Waals surface area (Å²) in [6.45, 7) is 4.26. The second-order valence-corrected chi connectivity index (χ2v) is 5.32. The molecule has 0 bridgehead atoms. The predicted octanol–water partition coefficient (Wildman–Crippen LogP) is 4.76. The maximum absolute atomic E-state index is 6.24. The molecular formula is C17H20ClNO. The van der Waals surface area contributed by atoms with Crippen LogP contribution in [0.25, 0.3) is 0 Å². The average molecular weight is 290 g/mol. The van der Waals surface area contributed by atoms with Gasteiger partial charge in [0.1, 0.15) is 5.75 Å². The number of hydrogen-bond acceptors (Lipinski definition) is 2. The van der Waals surface area contributed by atoms with E-state index in [0.29, 0.717) is 0 Å². The summed E-state index contributed by atoms with van der Waals surface area (Å²) in [6, 6.07) is 16.4. The molecule has 0 aliphatic rings. The first-order valence-corrected chi connectivity index (χ1v) is 7.14. The largest absolute Gasteiger partial charge is 0.497 e. The second kappa shape index (κ2) is 6.78. The average Bonchev–Trinajstić information content (AvgIpc) is 2.47. The molecule has 0 aliphatic carbocycles. The highest BCUT2D eigenvalue weighted by molar-refractivity contribution is 6.31. The molecule has 0 aromatic heterocycles. The van der Waals surface area contributed by atoms with Gasteiger partial charge in [-0.05, 0) is 43.2 Å². The van der Waals surface area contributed by atoms with Crippen molar-refractivity contribution in [3.05, 3.63) is 64.7 Å². The highest BCUT2D eigenvalue weighted by Crippen LogP contribution is 2.26. The van der Waals surface area contributed by atoms with Gasteiger partial charge >= 0.3 is 0 Å². The van der Waals surface area contributed by atoms with Crippen molar-refractivity contribution < 1.29 is 4.74 Å². The Kier molecular flexibility index (Phi) is 5.05. The van der Waals surface area contributed by atoms with Crippen LogP contribution < -0.4 is 10.1 Å². The highest BCUT2D eigenvalue weighted by atomic mass is 35.5. The molecule has 1 N–H and O–H groups in total. The molecular weight excluding hydrogens is 270 g/mol. The van der Waals surface area contributed by atoms with Gasteiger partial charge in [-0.15, -0.1) is 0 Å². The fraction of sp³-hybridized carbons (Fsp3) is 0.294. The van der Waals surface area contributed by atoms with Crippen molar-refractivity contribution in [2.45, 2.75) is 25.9 Å². The smallest absolute Gasteiger partial charge is 0.119 e. The van der Waals surface area contributed by atoms with Crippen LogP contribution in [0.4, 0.5) is 0 Å². The Hall–Kier alpha value is -1.51. The third-order valence-electron chi connectivity index (χ3n) is 3.47. The maximum Gasteiger partial charge on any atom is 0.119 e. The van der Waals surface area contributed by atoms with Crippen LogP contribution in [-0.2, 0) is 0 Å². The molecule has 0 heterocycles. The molecule has 2 aromatic rings. The predicted molar refractivity (Wildman–Crippen MR) is 84.4 cm³/mol. The van der Waals surface area contributed by atoms with E-state index in [9.17, 15) is 0 Å². The molecule has 0 spiro atoms. The van der Waals surface area contributed by atoms with Gasteiger partial charge in [0.2, 0.25) is 0 Å². The number of hydrogen-bond donors (Lipinski definition) is 1. The minimum atomic E-state index is 0.185. The van der Waals surface area contributed by atoms with Gasteiger partial charge in [0.05, 0.1) is 7.11 Å². The zero-order chi connectivity index (χ0) is 14.5. The van der Waals surface area contributed by atoms with E-state index in [4.69, 9.17) is 16.3 Å². The van der Waals surface area contributed by atoms with Crippen molar-refractivity contribution in [3.8, 4) is 5.75 Å². The van der Waals surface area contributed by atoms with Gasteiger partial charge in [-0.25, -0.2) is 0 Å². The molecule has 0 saturated heterocycles. The van der Waals surface area contributed by atoms with Crippen molar-refractivity contribution in [3.63, 3.8) is 0 Å². The SMILES string of the molecule is COc1cccc(C(C)N[C@H](C)c2ccccc2Cl)c1. The van der Waals surface area contributed by atoms with E-state index >= 15 is 0 Å². The number of halogens is 1. The number of ether oxygens (including phenoxy) is 1. The van der Waals surface area contributed by atoms with Crippen LogP contribution in [0.15, 0.2) is 48.5 Å². The summed E-state index contributed by atoms with van der Waals surface area (Å²) in [5.74, 6) is 0.876. The Labute approximate surface area is 125 Å². The van der Waals surface area contributed by atoms with Gasteiger partial charge in [-0.2, -0.15) is 0 Å². The summed E-state index contributed by atoms with van der Waals surface area (Å²) in [6.07, 6.45) is 0. The molecule has 106 valence electrons. The first kappa shape index (κ1) is 14.9. The van der Waals surface area contributed by atoms with E-state index < -0.39 is 0 Å². The Balaban J connectivity index is 2.11. The molecule has 0 radical (unpaired) electrons. The zero-order valence-electron chi connectivity index (χ0n) is 12.1.